The summed E-state index contributed by atoms with van der Waals surface area (Å²) in [6, 6.07) is -2.21. The number of aromatic nitrogens is 1. The van der Waals surface area contributed by atoms with Gasteiger partial charge in [-0.3, -0.25) is 9.59 Å². The summed E-state index contributed by atoms with van der Waals surface area (Å²) in [5.74, 6) is -3.58. The summed E-state index contributed by atoms with van der Waals surface area (Å²) in [6.45, 7) is 2.09. The second-order valence-electron chi connectivity index (χ2n) is 4.74. The van der Waals surface area contributed by atoms with E-state index in [1.807, 2.05) is 0 Å². The van der Waals surface area contributed by atoms with Crippen molar-refractivity contribution in [2.24, 2.45) is 7.05 Å². The van der Waals surface area contributed by atoms with Crippen molar-refractivity contribution in [2.75, 3.05) is 7.11 Å². The van der Waals surface area contributed by atoms with Gasteiger partial charge in [-0.25, -0.2) is 4.79 Å². The number of halogens is 4. The Labute approximate surface area is 134 Å². The molecule has 6 nitrogen and oxygen atoms in total. The molecule has 128 valence electrons. The SMILES string of the molecule is COC(=O)c1c(Cl)c(C(=O)C(=O)N[C@H](C)C(F)(F)F)c(C)n1C. The Morgan fingerprint density at radius 1 is 1.30 bits per heavy atom. The molecular formula is C13H14ClF3N2O4. The number of carbonyl (C=O) groups excluding carboxylic acids is 3. The van der Waals surface area contributed by atoms with Gasteiger partial charge in [-0.2, -0.15) is 13.2 Å². The van der Waals surface area contributed by atoms with Gasteiger partial charge in [0.15, 0.2) is 0 Å². The van der Waals surface area contributed by atoms with E-state index in [0.29, 0.717) is 6.92 Å². The molecule has 1 heterocycles. The van der Waals surface area contributed by atoms with E-state index in [0.717, 1.165) is 7.11 Å². The Bertz CT molecular complexity index is 667. The van der Waals surface area contributed by atoms with Crippen LogP contribution in [0.5, 0.6) is 0 Å². The van der Waals surface area contributed by atoms with Crippen molar-refractivity contribution in [3.63, 3.8) is 0 Å². The molecule has 1 atom stereocenters. The average molecular weight is 355 g/mol. The van der Waals surface area contributed by atoms with E-state index in [-0.39, 0.29) is 22.0 Å². The molecule has 10 heteroatoms. The van der Waals surface area contributed by atoms with Crippen molar-refractivity contribution >= 4 is 29.3 Å². The largest absolute Gasteiger partial charge is 0.464 e. The summed E-state index contributed by atoms with van der Waals surface area (Å²) in [4.78, 5) is 35.5. The summed E-state index contributed by atoms with van der Waals surface area (Å²) < 4.78 is 43.0. The van der Waals surface area contributed by atoms with E-state index in [1.165, 1.54) is 18.5 Å². The summed E-state index contributed by atoms with van der Waals surface area (Å²) >= 11 is 5.93. The lowest BCUT2D eigenvalue weighted by Crippen LogP contribution is -2.45. The van der Waals surface area contributed by atoms with Crippen LogP contribution in [-0.2, 0) is 16.6 Å². The molecule has 1 rings (SSSR count). The molecule has 0 aromatic carbocycles. The number of hydrogen-bond donors (Lipinski definition) is 1. The molecule has 0 unspecified atom stereocenters. The fraction of sp³-hybridized carbons (Fsp3) is 0.462. The Morgan fingerprint density at radius 3 is 2.26 bits per heavy atom. The smallest absolute Gasteiger partial charge is 0.408 e. The van der Waals surface area contributed by atoms with Gasteiger partial charge in [-0.05, 0) is 13.8 Å². The van der Waals surface area contributed by atoms with E-state index in [2.05, 4.69) is 4.74 Å². The lowest BCUT2D eigenvalue weighted by Gasteiger charge is -2.16. The molecule has 1 amide bonds. The highest BCUT2D eigenvalue weighted by Gasteiger charge is 2.39. The maximum atomic E-state index is 12.4. The molecular weight excluding hydrogens is 341 g/mol. The monoisotopic (exact) mass is 354 g/mol. The van der Waals surface area contributed by atoms with Crippen LogP contribution < -0.4 is 5.32 Å². The predicted octanol–water partition coefficient (Wildman–Crippen LogP) is 2.02. The molecule has 0 radical (unpaired) electrons. The van der Waals surface area contributed by atoms with Crippen LogP contribution in [-0.4, -0.2) is 41.6 Å². The fourth-order valence-corrected chi connectivity index (χ4v) is 2.23. The minimum atomic E-state index is -4.69. The minimum Gasteiger partial charge on any atom is -0.464 e. The zero-order chi connectivity index (χ0) is 18.1. The second kappa shape index (κ2) is 6.61. The minimum absolute atomic E-state index is 0.148. The Morgan fingerprint density at radius 2 is 1.83 bits per heavy atom. The maximum absolute atomic E-state index is 12.4. The van der Waals surface area contributed by atoms with Crippen LogP contribution in [0.2, 0.25) is 5.02 Å². The van der Waals surface area contributed by atoms with Gasteiger partial charge in [0.05, 0.1) is 17.7 Å². The second-order valence-corrected chi connectivity index (χ2v) is 5.12. The number of ketones is 1. The summed E-state index contributed by atoms with van der Waals surface area (Å²) in [7, 11) is 2.50. The number of ether oxygens (including phenoxy) is 1. The van der Waals surface area contributed by atoms with Crippen LogP contribution in [0.25, 0.3) is 0 Å². The topological polar surface area (TPSA) is 77.4 Å². The third-order valence-corrected chi connectivity index (χ3v) is 3.65. The van der Waals surface area contributed by atoms with Crippen LogP contribution in [0.3, 0.4) is 0 Å². The van der Waals surface area contributed by atoms with E-state index in [4.69, 9.17) is 11.6 Å². The van der Waals surface area contributed by atoms with Gasteiger partial charge in [0.1, 0.15) is 11.7 Å². The number of hydrogen-bond acceptors (Lipinski definition) is 4. The molecule has 0 bridgehead atoms. The summed E-state index contributed by atoms with van der Waals surface area (Å²) in [5, 5.41) is 1.20. The molecule has 1 aromatic rings. The third-order valence-electron chi connectivity index (χ3n) is 3.28. The highest BCUT2D eigenvalue weighted by atomic mass is 35.5. The number of amides is 1. The summed E-state index contributed by atoms with van der Waals surface area (Å²) in [6.07, 6.45) is -4.69. The van der Waals surface area contributed by atoms with Gasteiger partial charge in [0.2, 0.25) is 0 Å². The van der Waals surface area contributed by atoms with Crippen molar-refractivity contribution < 1.29 is 32.3 Å². The van der Waals surface area contributed by atoms with Gasteiger partial charge in [0.25, 0.3) is 11.7 Å². The van der Waals surface area contributed by atoms with Gasteiger partial charge < -0.3 is 14.6 Å². The Balaban J connectivity index is 3.20. The number of nitrogens with one attached hydrogen (secondary N) is 1. The van der Waals surface area contributed by atoms with Crippen LogP contribution in [0.1, 0.15) is 33.5 Å². The average Bonchev–Trinajstić information content (AvgIpc) is 2.66. The van der Waals surface area contributed by atoms with Crippen LogP contribution in [0, 0.1) is 6.92 Å². The first-order valence-electron chi connectivity index (χ1n) is 6.28. The quantitative estimate of drug-likeness (QED) is 0.510. The molecule has 0 aliphatic heterocycles. The highest BCUT2D eigenvalue weighted by molar-refractivity contribution is 6.48. The van der Waals surface area contributed by atoms with E-state index in [1.54, 1.807) is 5.32 Å². The molecule has 0 aliphatic rings. The molecule has 1 N–H and O–H groups in total. The van der Waals surface area contributed by atoms with E-state index >= 15 is 0 Å². The zero-order valence-corrected chi connectivity index (χ0v) is 13.4. The number of carbonyl (C=O) groups is 3. The maximum Gasteiger partial charge on any atom is 0.408 e. The highest BCUT2D eigenvalue weighted by Crippen LogP contribution is 2.28. The predicted molar refractivity (Wildman–Crippen MR) is 74.5 cm³/mol. The molecule has 23 heavy (non-hydrogen) atoms. The first-order chi connectivity index (χ1) is 10.4. The van der Waals surface area contributed by atoms with Crippen LogP contribution in [0.4, 0.5) is 13.2 Å². The lowest BCUT2D eigenvalue weighted by atomic mass is 10.1. The molecule has 0 fully saturated rings. The first kappa shape index (κ1) is 19.0. The molecule has 0 aliphatic carbocycles. The number of rotatable bonds is 4. The van der Waals surface area contributed by atoms with Gasteiger partial charge in [0, 0.05) is 12.7 Å². The van der Waals surface area contributed by atoms with Gasteiger partial charge in [-0.15, -0.1) is 0 Å². The van der Waals surface area contributed by atoms with Crippen molar-refractivity contribution in [1.29, 1.82) is 0 Å². The Kier molecular flexibility index (Phi) is 5.47. The van der Waals surface area contributed by atoms with Gasteiger partial charge >= 0.3 is 12.1 Å². The lowest BCUT2D eigenvalue weighted by molar-refractivity contribution is -0.156. The summed E-state index contributed by atoms with van der Waals surface area (Å²) in [5.41, 5.74) is -0.372. The zero-order valence-electron chi connectivity index (χ0n) is 12.7. The molecule has 0 saturated heterocycles. The molecule has 1 aromatic heterocycles. The Hall–Kier alpha value is -2.03. The molecule has 0 spiro atoms. The van der Waals surface area contributed by atoms with Crippen molar-refractivity contribution in [1.82, 2.24) is 9.88 Å². The van der Waals surface area contributed by atoms with E-state index in [9.17, 15) is 27.6 Å². The van der Waals surface area contributed by atoms with Crippen molar-refractivity contribution in [3.05, 3.63) is 22.0 Å². The normalized spacial score (nSPS) is 12.7. The fourth-order valence-electron chi connectivity index (χ4n) is 1.80. The van der Waals surface area contributed by atoms with Crippen LogP contribution >= 0.6 is 11.6 Å². The molecule has 0 saturated carbocycles. The first-order valence-corrected chi connectivity index (χ1v) is 6.66. The number of Topliss-reactive ketones (excluding diaryl/α,β-unsaturated/α-hetero) is 1. The van der Waals surface area contributed by atoms with Crippen LogP contribution in [0.15, 0.2) is 0 Å². The third kappa shape index (κ3) is 3.66. The number of esters is 1. The number of methoxy groups -OCH3 is 1. The van der Waals surface area contributed by atoms with Crippen molar-refractivity contribution in [2.45, 2.75) is 26.1 Å². The standard InChI is InChI=1S/C13H14ClF3N2O4/c1-5-7(8(14)9(19(5)3)12(22)23-4)10(20)11(21)18-6(2)13(15,16)17/h6H,1-4H3,(H,18,21)/t6-/m1/s1. The number of nitrogens with zero attached hydrogens (tertiary/aromatic N) is 1. The van der Waals surface area contributed by atoms with Gasteiger partial charge in [-0.1, -0.05) is 11.6 Å². The number of alkyl halides is 3. The van der Waals surface area contributed by atoms with E-state index < -0.39 is 29.9 Å². The van der Waals surface area contributed by atoms with Crippen molar-refractivity contribution in [3.8, 4) is 0 Å².